The zero-order valence-corrected chi connectivity index (χ0v) is 13.4. The number of nitrogens with zero attached hydrogens (tertiary/aromatic N) is 1. The second-order valence-corrected chi connectivity index (χ2v) is 5.22. The van der Waals surface area contributed by atoms with Crippen LogP contribution in [-0.4, -0.2) is 17.7 Å². The summed E-state index contributed by atoms with van der Waals surface area (Å²) >= 11 is 0. The van der Waals surface area contributed by atoms with Gasteiger partial charge in [-0.15, -0.1) is 0 Å². The van der Waals surface area contributed by atoms with E-state index in [1.807, 2.05) is 60.8 Å². The van der Waals surface area contributed by atoms with Crippen LogP contribution in [0, 0.1) is 0 Å². The third kappa shape index (κ3) is 3.79. The molecule has 0 atom stereocenters. The third-order valence-electron chi connectivity index (χ3n) is 3.57. The summed E-state index contributed by atoms with van der Waals surface area (Å²) in [5.41, 5.74) is 3.85. The molecule has 0 spiro atoms. The van der Waals surface area contributed by atoms with Crippen molar-refractivity contribution in [2.45, 2.75) is 6.92 Å². The number of hydrogen-bond donors (Lipinski definition) is 1. The highest BCUT2D eigenvalue weighted by atomic mass is 16.5. The highest BCUT2D eigenvalue weighted by Gasteiger charge is 2.01. The Labute approximate surface area is 140 Å². The number of carbonyl (C=O) groups is 1. The largest absolute Gasteiger partial charge is 0.450 e. The lowest BCUT2D eigenvalue weighted by Gasteiger charge is -2.05. The fourth-order valence-electron chi connectivity index (χ4n) is 2.41. The molecule has 0 fully saturated rings. The number of pyridine rings is 1. The molecule has 0 aliphatic heterocycles. The van der Waals surface area contributed by atoms with E-state index in [1.165, 1.54) is 0 Å². The molecule has 0 unspecified atom stereocenters. The molecule has 0 aliphatic rings. The number of rotatable bonds is 4. The second kappa shape index (κ2) is 7.42. The van der Waals surface area contributed by atoms with Gasteiger partial charge in [0.2, 0.25) is 0 Å². The minimum absolute atomic E-state index is 0.354. The number of aromatic nitrogens is 1. The number of hydrogen-bond acceptors (Lipinski definition) is 3. The fourth-order valence-corrected chi connectivity index (χ4v) is 2.41. The average Bonchev–Trinajstić information content (AvgIpc) is 2.61. The smallest absolute Gasteiger partial charge is 0.411 e. The van der Waals surface area contributed by atoms with Gasteiger partial charge in [-0.25, -0.2) is 4.79 Å². The van der Waals surface area contributed by atoms with Crippen molar-refractivity contribution >= 4 is 34.8 Å². The highest BCUT2D eigenvalue weighted by molar-refractivity contribution is 5.90. The lowest BCUT2D eigenvalue weighted by molar-refractivity contribution is 0.168. The number of benzene rings is 2. The van der Waals surface area contributed by atoms with Crippen molar-refractivity contribution in [2.24, 2.45) is 0 Å². The van der Waals surface area contributed by atoms with Crippen molar-refractivity contribution in [1.82, 2.24) is 4.98 Å². The number of ether oxygens (including phenoxy) is 1. The summed E-state index contributed by atoms with van der Waals surface area (Å²) in [5.74, 6) is 0. The first-order chi connectivity index (χ1) is 11.8. The summed E-state index contributed by atoms with van der Waals surface area (Å²) in [6.07, 6.45) is 5.48. The van der Waals surface area contributed by atoms with Crippen LogP contribution in [-0.2, 0) is 4.74 Å². The Morgan fingerprint density at radius 3 is 2.67 bits per heavy atom. The molecule has 4 heteroatoms. The van der Waals surface area contributed by atoms with Gasteiger partial charge in [-0.1, -0.05) is 42.5 Å². The van der Waals surface area contributed by atoms with Crippen LogP contribution < -0.4 is 5.32 Å². The number of para-hydroxylation sites is 1. The molecule has 1 aromatic heterocycles. The Kier molecular flexibility index (Phi) is 4.87. The van der Waals surface area contributed by atoms with Gasteiger partial charge in [0.1, 0.15) is 0 Å². The maximum absolute atomic E-state index is 11.4. The van der Waals surface area contributed by atoms with Gasteiger partial charge in [0.25, 0.3) is 0 Å². The predicted octanol–water partition coefficient (Wildman–Crippen LogP) is 4.97. The zero-order chi connectivity index (χ0) is 16.8. The number of fused-ring (bicyclic) bond motifs is 1. The minimum atomic E-state index is -0.441. The lowest BCUT2D eigenvalue weighted by atomic mass is 10.1. The summed E-state index contributed by atoms with van der Waals surface area (Å²) in [6, 6.07) is 17.6. The Hall–Kier alpha value is -3.14. The standard InChI is InChI=1S/C20H18N2O2/c1-2-24-20(23)22-17-11-8-15(9-12-17)7-10-16-13-14-21-19-6-4-3-5-18(16)19/h3-14H,2H2,1H3,(H,22,23)/b10-7+. The monoisotopic (exact) mass is 318 g/mol. The predicted molar refractivity (Wildman–Crippen MR) is 97.8 cm³/mol. The molecule has 1 N–H and O–H groups in total. The van der Waals surface area contributed by atoms with E-state index in [0.29, 0.717) is 12.3 Å². The molecule has 24 heavy (non-hydrogen) atoms. The summed E-state index contributed by atoms with van der Waals surface area (Å²) in [5, 5.41) is 3.80. The third-order valence-corrected chi connectivity index (χ3v) is 3.57. The van der Waals surface area contributed by atoms with Crippen molar-refractivity contribution in [3.63, 3.8) is 0 Å². The Bertz CT molecular complexity index is 865. The van der Waals surface area contributed by atoms with Crippen molar-refractivity contribution in [3.05, 3.63) is 71.9 Å². The number of anilines is 1. The molecule has 1 amide bonds. The molecule has 4 nitrogen and oxygen atoms in total. The van der Waals surface area contributed by atoms with Gasteiger partial charge in [-0.05, 0) is 42.3 Å². The second-order valence-electron chi connectivity index (χ2n) is 5.22. The number of amides is 1. The molecular formula is C20H18N2O2. The van der Waals surface area contributed by atoms with Crippen molar-refractivity contribution in [2.75, 3.05) is 11.9 Å². The van der Waals surface area contributed by atoms with Gasteiger partial charge < -0.3 is 4.74 Å². The fraction of sp³-hybridized carbons (Fsp3) is 0.100. The van der Waals surface area contributed by atoms with Gasteiger partial charge in [0.15, 0.2) is 0 Å². The molecule has 2 aromatic carbocycles. The first kappa shape index (κ1) is 15.7. The first-order valence-corrected chi connectivity index (χ1v) is 7.82. The van der Waals surface area contributed by atoms with E-state index in [-0.39, 0.29) is 0 Å². The van der Waals surface area contributed by atoms with E-state index >= 15 is 0 Å². The van der Waals surface area contributed by atoms with Crippen molar-refractivity contribution < 1.29 is 9.53 Å². The molecule has 0 bridgehead atoms. The van der Waals surface area contributed by atoms with Crippen LogP contribution in [0.3, 0.4) is 0 Å². The summed E-state index contributed by atoms with van der Waals surface area (Å²) in [4.78, 5) is 15.7. The number of nitrogens with one attached hydrogen (secondary N) is 1. The summed E-state index contributed by atoms with van der Waals surface area (Å²) < 4.78 is 4.85. The Morgan fingerprint density at radius 2 is 1.88 bits per heavy atom. The molecule has 1 heterocycles. The van der Waals surface area contributed by atoms with E-state index < -0.39 is 6.09 Å². The molecular weight excluding hydrogens is 300 g/mol. The van der Waals surface area contributed by atoms with E-state index in [1.54, 1.807) is 6.92 Å². The van der Waals surface area contributed by atoms with E-state index in [0.717, 1.165) is 22.0 Å². The van der Waals surface area contributed by atoms with Crippen molar-refractivity contribution in [1.29, 1.82) is 0 Å². The highest BCUT2D eigenvalue weighted by Crippen LogP contribution is 2.19. The molecule has 0 aliphatic carbocycles. The van der Waals surface area contributed by atoms with Crippen LogP contribution in [0.2, 0.25) is 0 Å². The maximum Gasteiger partial charge on any atom is 0.411 e. The number of carbonyl (C=O) groups excluding carboxylic acids is 1. The van der Waals surface area contributed by atoms with Crippen LogP contribution in [0.15, 0.2) is 60.8 Å². The Balaban J connectivity index is 1.75. The van der Waals surface area contributed by atoms with Crippen LogP contribution in [0.1, 0.15) is 18.1 Å². The minimum Gasteiger partial charge on any atom is -0.450 e. The summed E-state index contributed by atoms with van der Waals surface area (Å²) in [7, 11) is 0. The van der Waals surface area contributed by atoms with Crippen LogP contribution >= 0.6 is 0 Å². The molecule has 0 saturated heterocycles. The van der Waals surface area contributed by atoms with Crippen LogP contribution in [0.25, 0.3) is 23.1 Å². The van der Waals surface area contributed by atoms with Gasteiger partial charge in [0, 0.05) is 17.3 Å². The normalized spacial score (nSPS) is 10.9. The van der Waals surface area contributed by atoms with E-state index in [4.69, 9.17) is 4.74 Å². The van der Waals surface area contributed by atoms with Crippen LogP contribution in [0.4, 0.5) is 10.5 Å². The molecule has 120 valence electrons. The van der Waals surface area contributed by atoms with Gasteiger partial charge in [-0.2, -0.15) is 0 Å². The SMILES string of the molecule is CCOC(=O)Nc1ccc(/C=C/c2ccnc3ccccc23)cc1. The topological polar surface area (TPSA) is 51.2 Å². The van der Waals surface area contributed by atoms with Crippen LogP contribution in [0.5, 0.6) is 0 Å². The maximum atomic E-state index is 11.4. The first-order valence-electron chi connectivity index (χ1n) is 7.82. The van der Waals surface area contributed by atoms with Gasteiger partial charge >= 0.3 is 6.09 Å². The lowest BCUT2D eigenvalue weighted by Crippen LogP contribution is -2.12. The Morgan fingerprint density at radius 1 is 1.08 bits per heavy atom. The van der Waals surface area contributed by atoms with Crippen molar-refractivity contribution in [3.8, 4) is 0 Å². The molecule has 3 rings (SSSR count). The quantitative estimate of drug-likeness (QED) is 0.738. The van der Waals surface area contributed by atoms with Gasteiger partial charge in [-0.3, -0.25) is 10.3 Å². The average molecular weight is 318 g/mol. The van der Waals surface area contributed by atoms with E-state index in [2.05, 4.69) is 22.4 Å². The van der Waals surface area contributed by atoms with E-state index in [9.17, 15) is 4.79 Å². The summed E-state index contributed by atoms with van der Waals surface area (Å²) in [6.45, 7) is 2.13. The van der Waals surface area contributed by atoms with Gasteiger partial charge in [0.05, 0.1) is 12.1 Å². The molecule has 0 radical (unpaired) electrons. The molecule has 3 aromatic rings. The zero-order valence-electron chi connectivity index (χ0n) is 13.4. The molecule has 0 saturated carbocycles.